The van der Waals surface area contributed by atoms with Crippen LogP contribution >= 0.6 is 15.9 Å². The normalized spacial score (nSPS) is 21.8. The van der Waals surface area contributed by atoms with Crippen molar-refractivity contribution in [1.82, 2.24) is 4.72 Å². The van der Waals surface area contributed by atoms with Crippen LogP contribution in [0.5, 0.6) is 0 Å². The number of carboxylic acid groups (broad SMARTS) is 1. The van der Waals surface area contributed by atoms with Gasteiger partial charge in [-0.15, -0.1) is 0 Å². The topological polar surface area (TPSA) is 83.5 Å². The van der Waals surface area contributed by atoms with E-state index in [9.17, 15) is 13.2 Å². The number of sulfonamides is 1. The molecule has 2 N–H and O–H groups in total. The molecule has 110 valence electrons. The number of carboxylic acids is 1. The molecule has 0 aliphatic heterocycles. The van der Waals surface area contributed by atoms with Crippen molar-refractivity contribution in [3.05, 3.63) is 27.7 Å². The number of hydrogen-bond acceptors (Lipinski definition) is 3. The lowest BCUT2D eigenvalue weighted by atomic mass is 10.1. The zero-order valence-electron chi connectivity index (χ0n) is 11.2. The lowest BCUT2D eigenvalue weighted by Gasteiger charge is -2.11. The van der Waals surface area contributed by atoms with Crippen molar-refractivity contribution < 1.29 is 18.3 Å². The molecule has 2 atom stereocenters. The molecule has 0 aromatic heterocycles. The SMILES string of the molecule is Cc1c(Br)cc(C(=O)O)cc1S(=O)(=O)NCC1CC1C. The number of nitrogens with one attached hydrogen (secondary N) is 1. The molecule has 5 nitrogen and oxygen atoms in total. The van der Waals surface area contributed by atoms with Gasteiger partial charge in [-0.1, -0.05) is 22.9 Å². The summed E-state index contributed by atoms with van der Waals surface area (Å²) in [5, 5.41) is 9.02. The number of carbonyl (C=O) groups is 1. The van der Waals surface area contributed by atoms with Gasteiger partial charge in [-0.25, -0.2) is 17.9 Å². The van der Waals surface area contributed by atoms with Gasteiger partial charge >= 0.3 is 5.97 Å². The number of rotatable bonds is 5. The molecule has 1 aliphatic rings. The molecule has 2 unspecified atom stereocenters. The molecule has 1 aliphatic carbocycles. The van der Waals surface area contributed by atoms with Crippen LogP contribution in [-0.4, -0.2) is 26.0 Å². The van der Waals surface area contributed by atoms with Gasteiger partial charge in [-0.3, -0.25) is 0 Å². The van der Waals surface area contributed by atoms with E-state index in [-0.39, 0.29) is 10.5 Å². The predicted molar refractivity (Wildman–Crippen MR) is 78.3 cm³/mol. The Kier molecular flexibility index (Phi) is 4.22. The van der Waals surface area contributed by atoms with Crippen LogP contribution in [0.25, 0.3) is 0 Å². The highest BCUT2D eigenvalue weighted by atomic mass is 79.9. The van der Waals surface area contributed by atoms with Crippen LogP contribution in [0.3, 0.4) is 0 Å². The monoisotopic (exact) mass is 361 g/mol. The van der Waals surface area contributed by atoms with E-state index >= 15 is 0 Å². The van der Waals surface area contributed by atoms with Gasteiger partial charge in [-0.2, -0.15) is 0 Å². The quantitative estimate of drug-likeness (QED) is 0.843. The maximum absolute atomic E-state index is 12.3. The fourth-order valence-corrected chi connectivity index (χ4v) is 4.01. The number of aromatic carboxylic acids is 1. The summed E-state index contributed by atoms with van der Waals surface area (Å²) in [6.07, 6.45) is 1.03. The van der Waals surface area contributed by atoms with Crippen molar-refractivity contribution >= 4 is 31.9 Å². The molecule has 2 rings (SSSR count). The predicted octanol–water partition coefficient (Wildman–Crippen LogP) is 2.39. The summed E-state index contributed by atoms with van der Waals surface area (Å²) in [5.41, 5.74) is 0.453. The third kappa shape index (κ3) is 3.21. The van der Waals surface area contributed by atoms with Crippen molar-refractivity contribution in [2.45, 2.75) is 25.2 Å². The summed E-state index contributed by atoms with van der Waals surface area (Å²) in [4.78, 5) is 11.0. The molecule has 20 heavy (non-hydrogen) atoms. The van der Waals surface area contributed by atoms with E-state index in [1.165, 1.54) is 12.1 Å². The van der Waals surface area contributed by atoms with Gasteiger partial charge in [0.2, 0.25) is 10.0 Å². The van der Waals surface area contributed by atoms with Crippen molar-refractivity contribution in [1.29, 1.82) is 0 Å². The molecule has 7 heteroatoms. The summed E-state index contributed by atoms with van der Waals surface area (Å²) in [6.45, 7) is 4.12. The maximum Gasteiger partial charge on any atom is 0.335 e. The molecule has 0 radical (unpaired) electrons. The summed E-state index contributed by atoms with van der Waals surface area (Å²) in [5.74, 6) is -0.218. The highest BCUT2D eigenvalue weighted by Crippen LogP contribution is 2.37. The van der Waals surface area contributed by atoms with E-state index < -0.39 is 16.0 Å². The van der Waals surface area contributed by atoms with Crippen LogP contribution < -0.4 is 4.72 Å². The van der Waals surface area contributed by atoms with Gasteiger partial charge in [0.1, 0.15) is 0 Å². The van der Waals surface area contributed by atoms with Crippen molar-refractivity contribution in [2.75, 3.05) is 6.54 Å². The van der Waals surface area contributed by atoms with Crippen LogP contribution in [0.1, 0.15) is 29.3 Å². The molecule has 0 saturated heterocycles. The smallest absolute Gasteiger partial charge is 0.335 e. The van der Waals surface area contributed by atoms with E-state index in [0.29, 0.717) is 28.4 Å². The van der Waals surface area contributed by atoms with Gasteiger partial charge in [0.15, 0.2) is 0 Å². The summed E-state index contributed by atoms with van der Waals surface area (Å²) >= 11 is 3.20. The van der Waals surface area contributed by atoms with Crippen molar-refractivity contribution in [2.24, 2.45) is 11.8 Å². The maximum atomic E-state index is 12.3. The average Bonchev–Trinajstić information content (AvgIpc) is 3.06. The van der Waals surface area contributed by atoms with Crippen molar-refractivity contribution in [3.8, 4) is 0 Å². The Balaban J connectivity index is 2.32. The third-order valence-corrected chi connectivity index (χ3v) is 6.02. The Morgan fingerprint density at radius 2 is 2.10 bits per heavy atom. The Morgan fingerprint density at radius 1 is 1.50 bits per heavy atom. The first kappa shape index (κ1) is 15.5. The molecular weight excluding hydrogens is 346 g/mol. The zero-order valence-corrected chi connectivity index (χ0v) is 13.6. The van der Waals surface area contributed by atoms with E-state index in [2.05, 4.69) is 27.6 Å². The second-order valence-electron chi connectivity index (χ2n) is 5.21. The minimum Gasteiger partial charge on any atom is -0.478 e. The molecule has 1 fully saturated rings. The van der Waals surface area contributed by atoms with E-state index in [4.69, 9.17) is 5.11 Å². The summed E-state index contributed by atoms with van der Waals surface area (Å²) < 4.78 is 27.6. The largest absolute Gasteiger partial charge is 0.478 e. The first-order valence-electron chi connectivity index (χ1n) is 6.25. The Hall–Kier alpha value is -0.920. The van der Waals surface area contributed by atoms with Gasteiger partial charge in [0, 0.05) is 11.0 Å². The standard InChI is InChI=1S/C13H16BrNO4S/c1-7-3-10(7)6-15-20(18,19)12-5-9(13(16)17)4-11(14)8(12)2/h4-5,7,10,15H,3,6H2,1-2H3,(H,16,17). The first-order chi connectivity index (χ1) is 9.22. The Morgan fingerprint density at radius 3 is 2.60 bits per heavy atom. The molecule has 0 bridgehead atoms. The molecular formula is C13H16BrNO4S. The van der Waals surface area contributed by atoms with Gasteiger partial charge < -0.3 is 5.11 Å². The van der Waals surface area contributed by atoms with Crippen LogP contribution in [0.4, 0.5) is 0 Å². The first-order valence-corrected chi connectivity index (χ1v) is 8.53. The van der Waals surface area contributed by atoms with E-state index in [1.54, 1.807) is 6.92 Å². The second kappa shape index (κ2) is 5.46. The fourth-order valence-electron chi connectivity index (χ4n) is 2.03. The van der Waals surface area contributed by atoms with Crippen LogP contribution in [-0.2, 0) is 10.0 Å². The lowest BCUT2D eigenvalue weighted by molar-refractivity contribution is 0.0696. The number of halogens is 1. The molecule has 0 amide bonds. The highest BCUT2D eigenvalue weighted by Gasteiger charge is 2.33. The zero-order chi connectivity index (χ0) is 15.1. The fraction of sp³-hybridized carbons (Fsp3) is 0.462. The van der Waals surface area contributed by atoms with Gasteiger partial charge in [-0.05, 0) is 42.9 Å². The molecule has 1 aromatic rings. The van der Waals surface area contributed by atoms with Crippen molar-refractivity contribution in [3.63, 3.8) is 0 Å². The molecule has 1 saturated carbocycles. The third-order valence-electron chi connectivity index (χ3n) is 3.64. The number of benzene rings is 1. The van der Waals surface area contributed by atoms with Crippen LogP contribution in [0.2, 0.25) is 0 Å². The Labute approximate surface area is 126 Å². The minimum atomic E-state index is -3.69. The molecule has 0 heterocycles. The number of hydrogen-bond donors (Lipinski definition) is 2. The Bertz CT molecular complexity index is 657. The minimum absolute atomic E-state index is 0.0116. The molecule has 1 aromatic carbocycles. The summed E-state index contributed by atoms with van der Waals surface area (Å²) in [6, 6.07) is 2.60. The van der Waals surface area contributed by atoms with E-state index in [0.717, 1.165) is 6.42 Å². The van der Waals surface area contributed by atoms with Crippen LogP contribution in [0, 0.1) is 18.8 Å². The van der Waals surface area contributed by atoms with Gasteiger partial charge in [0.05, 0.1) is 10.5 Å². The van der Waals surface area contributed by atoms with Crippen LogP contribution in [0.15, 0.2) is 21.5 Å². The van der Waals surface area contributed by atoms with E-state index in [1.807, 2.05) is 0 Å². The summed E-state index contributed by atoms with van der Waals surface area (Å²) in [7, 11) is -3.69. The molecule has 0 spiro atoms. The second-order valence-corrected chi connectivity index (χ2v) is 7.80. The lowest BCUT2D eigenvalue weighted by Crippen LogP contribution is -2.27. The highest BCUT2D eigenvalue weighted by molar-refractivity contribution is 9.10. The average molecular weight is 362 g/mol. The van der Waals surface area contributed by atoms with Gasteiger partial charge in [0.25, 0.3) is 0 Å².